The molecule has 1 aromatic carbocycles. The first-order chi connectivity index (χ1) is 10.3. The summed E-state index contributed by atoms with van der Waals surface area (Å²) in [6.07, 6.45) is 7.84. The molecule has 0 aromatic heterocycles. The van der Waals surface area contributed by atoms with Gasteiger partial charge in [0.1, 0.15) is 0 Å². The van der Waals surface area contributed by atoms with Crippen molar-refractivity contribution in [1.82, 2.24) is 4.72 Å². The maximum Gasteiger partial charge on any atom is 0.329 e. The highest BCUT2D eigenvalue weighted by Gasteiger charge is 2.24. The summed E-state index contributed by atoms with van der Waals surface area (Å²) in [5, 5.41) is 3.12. The molecule has 3 rings (SSSR count). The molecule has 4 N–H and O–H groups in total. The lowest BCUT2D eigenvalue weighted by Crippen LogP contribution is -2.25. The molecule has 1 aromatic rings. The minimum Gasteiger partial charge on any atom is -0.330 e. The average molecular weight is 305 g/mol. The summed E-state index contributed by atoms with van der Waals surface area (Å²) in [4.78, 5) is 12.1. The van der Waals surface area contributed by atoms with E-state index in [1.54, 1.807) is 0 Å². The number of hydrogen-bond donors (Lipinski definition) is 3. The van der Waals surface area contributed by atoms with Crippen LogP contribution in [0, 0.1) is 0 Å². The summed E-state index contributed by atoms with van der Waals surface area (Å²) in [7, 11) is 0. The molecular weight excluding hydrogens is 282 g/mol. The summed E-state index contributed by atoms with van der Waals surface area (Å²) in [6.45, 7) is 0.663. The van der Waals surface area contributed by atoms with Gasteiger partial charge < -0.3 is 11.1 Å². The van der Waals surface area contributed by atoms with Crippen molar-refractivity contribution in [2.45, 2.75) is 44.9 Å². The molecule has 0 heterocycles. The number of urea groups is 1. The molecule has 0 bridgehead atoms. The van der Waals surface area contributed by atoms with Gasteiger partial charge in [-0.1, -0.05) is 6.07 Å². The normalized spacial score (nSPS) is 15.7. The Morgan fingerprint density at radius 1 is 1.14 bits per heavy atom. The Labute approximate surface area is 130 Å². The molecule has 2 aliphatic rings. The molecule has 0 atom stereocenters. The molecule has 21 heavy (non-hydrogen) atoms. The molecule has 0 unspecified atom stereocenters. The lowest BCUT2D eigenvalue weighted by Gasteiger charge is -2.16. The number of fused-ring (bicyclic) bond motifs is 2. The van der Waals surface area contributed by atoms with Crippen LogP contribution in [0.15, 0.2) is 6.07 Å². The van der Waals surface area contributed by atoms with Crippen LogP contribution >= 0.6 is 11.9 Å². The van der Waals surface area contributed by atoms with E-state index in [2.05, 4.69) is 16.1 Å². The molecule has 0 spiro atoms. The third-order valence-electron chi connectivity index (χ3n) is 4.33. The van der Waals surface area contributed by atoms with Crippen molar-refractivity contribution in [3.8, 4) is 0 Å². The lowest BCUT2D eigenvalue weighted by atomic mass is 9.99. The molecule has 5 heteroatoms. The molecule has 0 aliphatic heterocycles. The number of carbonyl (C=O) groups is 1. The van der Waals surface area contributed by atoms with Gasteiger partial charge in [-0.3, -0.25) is 4.72 Å². The SMILES string of the molecule is NCCCSNC(=O)Nc1c2c(cc3c1CCC3)CCC2. The van der Waals surface area contributed by atoms with Gasteiger partial charge in [0.15, 0.2) is 0 Å². The fourth-order valence-electron chi connectivity index (χ4n) is 3.38. The minimum absolute atomic E-state index is 0.105. The van der Waals surface area contributed by atoms with Crippen molar-refractivity contribution in [3.63, 3.8) is 0 Å². The fourth-order valence-corrected chi connectivity index (χ4v) is 3.97. The second kappa shape index (κ2) is 6.71. The van der Waals surface area contributed by atoms with Crippen molar-refractivity contribution in [2.75, 3.05) is 17.6 Å². The Balaban J connectivity index is 1.72. The number of nitrogens with one attached hydrogen (secondary N) is 2. The zero-order valence-electron chi connectivity index (χ0n) is 12.3. The van der Waals surface area contributed by atoms with Crippen LogP contribution in [0.1, 0.15) is 41.5 Å². The van der Waals surface area contributed by atoms with Crippen LogP contribution < -0.4 is 15.8 Å². The molecule has 0 fully saturated rings. The highest BCUT2D eigenvalue weighted by Crippen LogP contribution is 2.38. The average Bonchev–Trinajstić information content (AvgIpc) is 3.11. The second-order valence-corrected chi connectivity index (χ2v) is 6.68. The van der Waals surface area contributed by atoms with Crippen molar-refractivity contribution < 1.29 is 4.79 Å². The van der Waals surface area contributed by atoms with Crippen molar-refractivity contribution in [1.29, 1.82) is 0 Å². The topological polar surface area (TPSA) is 67.1 Å². The van der Waals surface area contributed by atoms with E-state index in [-0.39, 0.29) is 6.03 Å². The predicted octanol–water partition coefficient (Wildman–Crippen LogP) is 2.78. The number of aryl methyl sites for hydroxylation is 2. The molecule has 4 nitrogen and oxygen atoms in total. The number of nitrogens with two attached hydrogens (primary N) is 1. The van der Waals surface area contributed by atoms with Gasteiger partial charge in [-0.25, -0.2) is 4.79 Å². The van der Waals surface area contributed by atoms with E-state index in [0.29, 0.717) is 6.54 Å². The minimum atomic E-state index is -0.105. The van der Waals surface area contributed by atoms with Gasteiger partial charge in [0.25, 0.3) is 0 Å². The smallest absolute Gasteiger partial charge is 0.329 e. The van der Waals surface area contributed by atoms with Crippen LogP contribution in [0.25, 0.3) is 0 Å². The number of anilines is 1. The number of rotatable bonds is 5. The third kappa shape index (κ3) is 3.19. The molecule has 0 saturated heterocycles. The second-order valence-electron chi connectivity index (χ2n) is 5.78. The summed E-state index contributed by atoms with van der Waals surface area (Å²) < 4.78 is 2.86. The Hall–Kier alpha value is -1.20. The van der Waals surface area contributed by atoms with Crippen LogP contribution in [-0.2, 0) is 25.7 Å². The number of benzene rings is 1. The molecule has 114 valence electrons. The van der Waals surface area contributed by atoms with E-state index in [1.165, 1.54) is 47.0 Å². The maximum absolute atomic E-state index is 12.1. The Bertz CT molecular complexity index is 513. The van der Waals surface area contributed by atoms with E-state index < -0.39 is 0 Å². The van der Waals surface area contributed by atoms with E-state index in [4.69, 9.17) is 5.73 Å². The van der Waals surface area contributed by atoms with Gasteiger partial charge >= 0.3 is 6.03 Å². The van der Waals surface area contributed by atoms with E-state index >= 15 is 0 Å². The highest BCUT2D eigenvalue weighted by atomic mass is 32.2. The Morgan fingerprint density at radius 3 is 2.43 bits per heavy atom. The van der Waals surface area contributed by atoms with Gasteiger partial charge in [-0.05, 0) is 85.7 Å². The monoisotopic (exact) mass is 305 g/mol. The molecule has 2 aliphatic carbocycles. The number of carbonyl (C=O) groups excluding carboxylic acids is 1. The zero-order valence-corrected chi connectivity index (χ0v) is 13.2. The van der Waals surface area contributed by atoms with Gasteiger partial charge in [0.2, 0.25) is 0 Å². The van der Waals surface area contributed by atoms with E-state index in [1.807, 2.05) is 0 Å². The van der Waals surface area contributed by atoms with Crippen LogP contribution in [0.2, 0.25) is 0 Å². The number of hydrogen-bond acceptors (Lipinski definition) is 3. The first kappa shape index (κ1) is 14.7. The summed E-state index contributed by atoms with van der Waals surface area (Å²) in [5.74, 6) is 0.856. The summed E-state index contributed by atoms with van der Waals surface area (Å²) in [5.41, 5.74) is 12.2. The highest BCUT2D eigenvalue weighted by molar-refractivity contribution is 7.97. The largest absolute Gasteiger partial charge is 0.330 e. The maximum atomic E-state index is 12.1. The lowest BCUT2D eigenvalue weighted by molar-refractivity contribution is 0.257. The van der Waals surface area contributed by atoms with Gasteiger partial charge in [0, 0.05) is 11.4 Å². The van der Waals surface area contributed by atoms with Crippen LogP contribution in [0.3, 0.4) is 0 Å². The Kier molecular flexibility index (Phi) is 4.70. The zero-order chi connectivity index (χ0) is 14.7. The fraction of sp³-hybridized carbons (Fsp3) is 0.562. The summed E-state index contributed by atoms with van der Waals surface area (Å²) in [6, 6.07) is 2.27. The first-order valence-electron chi connectivity index (χ1n) is 7.85. The van der Waals surface area contributed by atoms with Gasteiger partial charge in [-0.2, -0.15) is 0 Å². The number of amides is 2. The molecule has 0 saturated carbocycles. The van der Waals surface area contributed by atoms with Crippen LogP contribution in [-0.4, -0.2) is 18.3 Å². The van der Waals surface area contributed by atoms with E-state index in [9.17, 15) is 4.79 Å². The molecule has 2 amide bonds. The van der Waals surface area contributed by atoms with Crippen molar-refractivity contribution in [3.05, 3.63) is 28.3 Å². The van der Waals surface area contributed by atoms with Gasteiger partial charge in [-0.15, -0.1) is 0 Å². The van der Waals surface area contributed by atoms with Crippen molar-refractivity contribution in [2.24, 2.45) is 5.73 Å². The Morgan fingerprint density at radius 2 is 1.81 bits per heavy atom. The van der Waals surface area contributed by atoms with Crippen LogP contribution in [0.4, 0.5) is 10.5 Å². The predicted molar refractivity (Wildman–Crippen MR) is 88.8 cm³/mol. The van der Waals surface area contributed by atoms with Crippen molar-refractivity contribution >= 4 is 23.7 Å². The van der Waals surface area contributed by atoms with Gasteiger partial charge in [0.05, 0.1) is 0 Å². The quantitative estimate of drug-likeness (QED) is 0.579. The van der Waals surface area contributed by atoms with Crippen LogP contribution in [0.5, 0.6) is 0 Å². The molecule has 0 radical (unpaired) electrons. The van der Waals surface area contributed by atoms with E-state index in [0.717, 1.165) is 43.5 Å². The first-order valence-corrected chi connectivity index (χ1v) is 8.83. The summed E-state index contributed by atoms with van der Waals surface area (Å²) >= 11 is 1.43. The standard InChI is InChI=1S/C16H23N3OS/c17-8-3-9-21-19-16(20)18-15-13-6-1-4-11(13)10-12-5-2-7-14(12)15/h10H,1-9,17H2,(H2,18,19,20). The molecular formula is C16H23N3OS. The third-order valence-corrected chi connectivity index (χ3v) is 5.15.